The third kappa shape index (κ3) is 3.32. The maximum atomic E-state index is 11.5. The molecule has 0 bridgehead atoms. The van der Waals surface area contributed by atoms with Crippen molar-refractivity contribution in [3.63, 3.8) is 0 Å². The van der Waals surface area contributed by atoms with Crippen molar-refractivity contribution in [2.24, 2.45) is 0 Å². The van der Waals surface area contributed by atoms with Gasteiger partial charge >= 0.3 is 5.97 Å². The van der Waals surface area contributed by atoms with Crippen LogP contribution in [0.5, 0.6) is 0 Å². The van der Waals surface area contributed by atoms with Gasteiger partial charge < -0.3 is 5.11 Å². The average molecular weight is 276 g/mol. The van der Waals surface area contributed by atoms with Crippen LogP contribution in [0.1, 0.15) is 22.6 Å². The van der Waals surface area contributed by atoms with Gasteiger partial charge in [0.05, 0.1) is 5.92 Å². The second-order valence-electron chi connectivity index (χ2n) is 4.44. The molecule has 0 amide bonds. The molecule has 0 aliphatic rings. The Morgan fingerprint density at radius 2 is 2.05 bits per heavy atom. The molecule has 98 valence electrons. The first-order chi connectivity index (χ1) is 9.08. The van der Waals surface area contributed by atoms with Crippen LogP contribution in [0.4, 0.5) is 0 Å². The van der Waals surface area contributed by atoms with Crippen LogP contribution in [-0.4, -0.2) is 16.1 Å². The fourth-order valence-corrected chi connectivity index (χ4v) is 2.18. The predicted molar refractivity (Wildman–Crippen MR) is 74.5 cm³/mol. The standard InChI is InChI=1S/C15H14ClNO2/c1-10-4-2-3-5-12(10)13(15(18)19)8-11-6-7-14(16)17-9-11/h2-7,9,13H,8H2,1H3,(H,18,19). The van der Waals surface area contributed by atoms with E-state index in [-0.39, 0.29) is 0 Å². The second kappa shape index (κ2) is 5.85. The summed E-state index contributed by atoms with van der Waals surface area (Å²) in [4.78, 5) is 15.5. The molecule has 0 spiro atoms. The monoisotopic (exact) mass is 275 g/mol. The Hall–Kier alpha value is -1.87. The average Bonchev–Trinajstić information content (AvgIpc) is 2.39. The van der Waals surface area contributed by atoms with Gasteiger partial charge in [-0.25, -0.2) is 4.98 Å². The van der Waals surface area contributed by atoms with Gasteiger partial charge in [-0.05, 0) is 36.1 Å². The molecule has 0 radical (unpaired) electrons. The molecule has 0 saturated heterocycles. The number of pyridine rings is 1. The minimum atomic E-state index is -0.829. The number of nitrogens with zero attached hydrogens (tertiary/aromatic N) is 1. The number of aryl methyl sites for hydroxylation is 1. The molecule has 1 heterocycles. The largest absolute Gasteiger partial charge is 0.481 e. The van der Waals surface area contributed by atoms with Crippen molar-refractivity contribution in [3.8, 4) is 0 Å². The van der Waals surface area contributed by atoms with E-state index in [4.69, 9.17) is 11.6 Å². The number of hydrogen-bond acceptors (Lipinski definition) is 2. The predicted octanol–water partition coefficient (Wildman–Crippen LogP) is 3.45. The number of aromatic nitrogens is 1. The highest BCUT2D eigenvalue weighted by Gasteiger charge is 2.21. The Kier molecular flexibility index (Phi) is 4.17. The Bertz CT molecular complexity index is 581. The molecule has 0 fully saturated rings. The summed E-state index contributed by atoms with van der Waals surface area (Å²) in [5.74, 6) is -1.39. The van der Waals surface area contributed by atoms with E-state index in [1.54, 1.807) is 12.3 Å². The van der Waals surface area contributed by atoms with Crippen molar-refractivity contribution >= 4 is 17.6 Å². The van der Waals surface area contributed by atoms with Crippen molar-refractivity contribution < 1.29 is 9.90 Å². The number of aliphatic carboxylic acids is 1. The quantitative estimate of drug-likeness (QED) is 0.870. The first-order valence-electron chi connectivity index (χ1n) is 5.96. The summed E-state index contributed by atoms with van der Waals surface area (Å²) in [5.41, 5.74) is 2.68. The molecular formula is C15H14ClNO2. The van der Waals surface area contributed by atoms with Crippen molar-refractivity contribution in [1.29, 1.82) is 0 Å². The van der Waals surface area contributed by atoms with Gasteiger partial charge in [0.15, 0.2) is 0 Å². The van der Waals surface area contributed by atoms with Gasteiger partial charge in [0.2, 0.25) is 0 Å². The normalized spacial score (nSPS) is 12.1. The van der Waals surface area contributed by atoms with Gasteiger partial charge in [-0.3, -0.25) is 4.79 Å². The van der Waals surface area contributed by atoms with Crippen LogP contribution in [-0.2, 0) is 11.2 Å². The minimum Gasteiger partial charge on any atom is -0.481 e. The number of carboxylic acid groups (broad SMARTS) is 1. The van der Waals surface area contributed by atoms with Crippen molar-refractivity contribution in [3.05, 3.63) is 64.4 Å². The lowest BCUT2D eigenvalue weighted by Crippen LogP contribution is -2.15. The molecule has 2 aromatic rings. The van der Waals surface area contributed by atoms with Crippen LogP contribution in [0.2, 0.25) is 5.15 Å². The van der Waals surface area contributed by atoms with E-state index in [9.17, 15) is 9.90 Å². The lowest BCUT2D eigenvalue weighted by Gasteiger charge is -2.15. The van der Waals surface area contributed by atoms with Gasteiger partial charge in [-0.2, -0.15) is 0 Å². The van der Waals surface area contributed by atoms with Gasteiger partial charge in [-0.1, -0.05) is 41.9 Å². The zero-order chi connectivity index (χ0) is 13.8. The SMILES string of the molecule is Cc1ccccc1C(Cc1ccc(Cl)nc1)C(=O)O. The Morgan fingerprint density at radius 1 is 1.32 bits per heavy atom. The van der Waals surface area contributed by atoms with Crippen LogP contribution < -0.4 is 0 Å². The van der Waals surface area contributed by atoms with Crippen LogP contribution in [0.15, 0.2) is 42.6 Å². The molecule has 0 saturated carbocycles. The maximum Gasteiger partial charge on any atom is 0.311 e. The van der Waals surface area contributed by atoms with E-state index >= 15 is 0 Å². The van der Waals surface area contributed by atoms with Crippen LogP contribution >= 0.6 is 11.6 Å². The number of hydrogen-bond donors (Lipinski definition) is 1. The van der Waals surface area contributed by atoms with Crippen LogP contribution in [0.25, 0.3) is 0 Å². The van der Waals surface area contributed by atoms with E-state index < -0.39 is 11.9 Å². The van der Waals surface area contributed by atoms with E-state index in [0.717, 1.165) is 16.7 Å². The molecule has 0 aliphatic heterocycles. The first kappa shape index (κ1) is 13.6. The maximum absolute atomic E-state index is 11.5. The number of halogens is 1. The Balaban J connectivity index is 2.29. The highest BCUT2D eigenvalue weighted by Crippen LogP contribution is 2.24. The van der Waals surface area contributed by atoms with Crippen molar-refractivity contribution in [1.82, 2.24) is 4.98 Å². The zero-order valence-corrected chi connectivity index (χ0v) is 11.3. The van der Waals surface area contributed by atoms with E-state index in [2.05, 4.69) is 4.98 Å². The summed E-state index contributed by atoms with van der Waals surface area (Å²) < 4.78 is 0. The molecule has 0 aliphatic carbocycles. The number of carboxylic acids is 1. The zero-order valence-electron chi connectivity index (χ0n) is 10.5. The second-order valence-corrected chi connectivity index (χ2v) is 4.83. The van der Waals surface area contributed by atoms with E-state index in [1.807, 2.05) is 37.3 Å². The molecule has 3 nitrogen and oxygen atoms in total. The summed E-state index contributed by atoms with van der Waals surface area (Å²) in [6, 6.07) is 11.0. The molecule has 2 rings (SSSR count). The van der Waals surface area contributed by atoms with Gasteiger partial charge in [-0.15, -0.1) is 0 Å². The van der Waals surface area contributed by atoms with E-state index in [0.29, 0.717) is 11.6 Å². The smallest absolute Gasteiger partial charge is 0.311 e. The van der Waals surface area contributed by atoms with Gasteiger partial charge in [0.25, 0.3) is 0 Å². The third-order valence-electron chi connectivity index (χ3n) is 3.09. The van der Waals surface area contributed by atoms with Crippen LogP contribution in [0, 0.1) is 6.92 Å². The van der Waals surface area contributed by atoms with E-state index in [1.165, 1.54) is 0 Å². The minimum absolute atomic E-state index is 0.407. The molecule has 4 heteroatoms. The highest BCUT2D eigenvalue weighted by molar-refractivity contribution is 6.29. The summed E-state index contributed by atoms with van der Waals surface area (Å²) in [5, 5.41) is 9.83. The highest BCUT2D eigenvalue weighted by atomic mass is 35.5. The summed E-state index contributed by atoms with van der Waals surface area (Å²) >= 11 is 5.73. The Morgan fingerprint density at radius 3 is 2.63 bits per heavy atom. The van der Waals surface area contributed by atoms with Crippen molar-refractivity contribution in [2.75, 3.05) is 0 Å². The molecule has 19 heavy (non-hydrogen) atoms. The number of benzene rings is 1. The third-order valence-corrected chi connectivity index (χ3v) is 3.31. The molecule has 1 atom stereocenters. The van der Waals surface area contributed by atoms with Gasteiger partial charge in [0, 0.05) is 6.20 Å². The van der Waals surface area contributed by atoms with Gasteiger partial charge in [0.1, 0.15) is 5.15 Å². The fraction of sp³-hybridized carbons (Fsp3) is 0.200. The Labute approximate surface area is 116 Å². The fourth-order valence-electron chi connectivity index (χ4n) is 2.07. The molecule has 1 unspecified atom stereocenters. The summed E-state index contributed by atoms with van der Waals surface area (Å²) in [7, 11) is 0. The summed E-state index contributed by atoms with van der Waals surface area (Å²) in [6.45, 7) is 1.92. The molecular weight excluding hydrogens is 262 g/mol. The first-order valence-corrected chi connectivity index (χ1v) is 6.34. The lowest BCUT2D eigenvalue weighted by atomic mass is 9.90. The van der Waals surface area contributed by atoms with Crippen LogP contribution in [0.3, 0.4) is 0 Å². The molecule has 1 aromatic heterocycles. The molecule has 1 N–H and O–H groups in total. The van der Waals surface area contributed by atoms with Crippen molar-refractivity contribution in [2.45, 2.75) is 19.3 Å². The lowest BCUT2D eigenvalue weighted by molar-refractivity contribution is -0.138. The molecule has 1 aromatic carbocycles. The number of rotatable bonds is 4. The topological polar surface area (TPSA) is 50.2 Å². The number of carbonyl (C=O) groups is 1. The summed E-state index contributed by atoms with van der Waals surface area (Å²) in [6.07, 6.45) is 2.03.